The van der Waals surface area contributed by atoms with Crippen LogP contribution in [0.2, 0.25) is 0 Å². The highest BCUT2D eigenvalue weighted by atomic mass is 16.5. The summed E-state index contributed by atoms with van der Waals surface area (Å²) in [5, 5.41) is 3.19. The molecule has 1 heterocycles. The number of hydrogen-bond donors (Lipinski definition) is 1. The molecule has 2 aliphatic rings. The zero-order valence-electron chi connectivity index (χ0n) is 8.84. The van der Waals surface area contributed by atoms with Crippen LogP contribution in [0, 0.1) is 0 Å². The molecular weight excluding hydrogens is 178 g/mol. The molecule has 1 aliphatic carbocycles. The van der Waals surface area contributed by atoms with Crippen LogP contribution in [0.3, 0.4) is 0 Å². The molecular formula is C11H21NO2. The van der Waals surface area contributed by atoms with Crippen LogP contribution < -0.4 is 5.32 Å². The Balaban J connectivity index is 1.45. The van der Waals surface area contributed by atoms with Crippen LogP contribution in [0.25, 0.3) is 0 Å². The Morgan fingerprint density at radius 1 is 0.857 bits per heavy atom. The molecule has 0 spiro atoms. The van der Waals surface area contributed by atoms with Crippen molar-refractivity contribution in [2.75, 3.05) is 26.3 Å². The normalized spacial score (nSPS) is 24.9. The van der Waals surface area contributed by atoms with Gasteiger partial charge in [0.25, 0.3) is 0 Å². The zero-order chi connectivity index (χ0) is 9.64. The van der Waals surface area contributed by atoms with Crippen molar-refractivity contribution in [3.8, 4) is 0 Å². The fraction of sp³-hybridized carbons (Fsp3) is 1.00. The molecule has 0 aromatic rings. The summed E-state index contributed by atoms with van der Waals surface area (Å²) >= 11 is 0. The van der Waals surface area contributed by atoms with Gasteiger partial charge < -0.3 is 14.8 Å². The fourth-order valence-electron chi connectivity index (χ4n) is 2.04. The van der Waals surface area contributed by atoms with Gasteiger partial charge in [-0.15, -0.1) is 0 Å². The Labute approximate surface area is 86.2 Å². The molecule has 0 bridgehead atoms. The molecule has 2 rings (SSSR count). The lowest BCUT2D eigenvalue weighted by Gasteiger charge is -2.28. The van der Waals surface area contributed by atoms with E-state index >= 15 is 0 Å². The van der Waals surface area contributed by atoms with E-state index in [4.69, 9.17) is 9.47 Å². The maximum Gasteiger partial charge on any atom is 0.0824 e. The largest absolute Gasteiger partial charge is 0.376 e. The van der Waals surface area contributed by atoms with Gasteiger partial charge in [0, 0.05) is 13.1 Å². The van der Waals surface area contributed by atoms with Gasteiger partial charge in [-0.1, -0.05) is 19.3 Å². The molecule has 0 amide bonds. The van der Waals surface area contributed by atoms with E-state index < -0.39 is 0 Å². The van der Waals surface area contributed by atoms with Crippen LogP contribution in [0.1, 0.15) is 32.1 Å². The van der Waals surface area contributed by atoms with Gasteiger partial charge in [-0.25, -0.2) is 0 Å². The van der Waals surface area contributed by atoms with Gasteiger partial charge in [0.15, 0.2) is 0 Å². The van der Waals surface area contributed by atoms with E-state index in [-0.39, 0.29) is 0 Å². The van der Waals surface area contributed by atoms with E-state index in [0.717, 1.165) is 26.3 Å². The minimum atomic E-state index is 0.449. The second-order valence-corrected chi connectivity index (χ2v) is 4.28. The smallest absolute Gasteiger partial charge is 0.0824 e. The maximum absolute atomic E-state index is 5.76. The van der Waals surface area contributed by atoms with Crippen LogP contribution in [0.15, 0.2) is 0 Å². The predicted molar refractivity (Wildman–Crippen MR) is 55.4 cm³/mol. The van der Waals surface area contributed by atoms with Gasteiger partial charge in [-0.3, -0.25) is 0 Å². The van der Waals surface area contributed by atoms with E-state index in [2.05, 4.69) is 5.32 Å². The number of ether oxygens (including phenoxy) is 2. The molecule has 82 valence electrons. The topological polar surface area (TPSA) is 30.5 Å². The van der Waals surface area contributed by atoms with Gasteiger partial charge in [0.2, 0.25) is 0 Å². The first-order valence-electron chi connectivity index (χ1n) is 5.89. The monoisotopic (exact) mass is 199 g/mol. The maximum atomic E-state index is 5.76. The van der Waals surface area contributed by atoms with Crippen molar-refractivity contribution in [2.45, 2.75) is 44.3 Å². The van der Waals surface area contributed by atoms with E-state index in [1.807, 2.05) is 0 Å². The minimum absolute atomic E-state index is 0.449. The van der Waals surface area contributed by atoms with E-state index in [1.165, 1.54) is 32.1 Å². The molecule has 0 atom stereocenters. The van der Waals surface area contributed by atoms with Crippen LogP contribution >= 0.6 is 0 Å². The summed E-state index contributed by atoms with van der Waals surface area (Å²) in [6.45, 7) is 3.58. The Morgan fingerprint density at radius 3 is 2.07 bits per heavy atom. The van der Waals surface area contributed by atoms with Gasteiger partial charge in [0.05, 0.1) is 25.4 Å². The average molecular weight is 199 g/mol. The van der Waals surface area contributed by atoms with E-state index in [1.54, 1.807) is 0 Å². The molecule has 1 saturated carbocycles. The third kappa shape index (κ3) is 3.23. The molecule has 0 radical (unpaired) electrons. The number of nitrogens with one attached hydrogen (secondary N) is 1. The first-order valence-corrected chi connectivity index (χ1v) is 5.89. The van der Waals surface area contributed by atoms with Crippen LogP contribution in [0.4, 0.5) is 0 Å². The molecule has 0 aromatic carbocycles. The second kappa shape index (κ2) is 5.69. The average Bonchev–Trinajstić information content (AvgIpc) is 2.16. The molecule has 3 nitrogen and oxygen atoms in total. The van der Waals surface area contributed by atoms with Crippen molar-refractivity contribution in [2.24, 2.45) is 0 Å². The predicted octanol–water partition coefficient (Wildman–Crippen LogP) is 1.32. The molecule has 2 fully saturated rings. The summed E-state index contributed by atoms with van der Waals surface area (Å²) in [7, 11) is 0. The van der Waals surface area contributed by atoms with Gasteiger partial charge >= 0.3 is 0 Å². The summed E-state index contributed by atoms with van der Waals surface area (Å²) in [5.74, 6) is 0. The van der Waals surface area contributed by atoms with Crippen LogP contribution in [-0.4, -0.2) is 38.5 Å². The van der Waals surface area contributed by atoms with Gasteiger partial charge in [-0.05, 0) is 12.8 Å². The van der Waals surface area contributed by atoms with Crippen molar-refractivity contribution in [3.63, 3.8) is 0 Å². The minimum Gasteiger partial charge on any atom is -0.376 e. The van der Waals surface area contributed by atoms with Crippen LogP contribution in [-0.2, 0) is 9.47 Å². The lowest BCUT2D eigenvalue weighted by Crippen LogP contribution is -2.48. The summed E-state index contributed by atoms with van der Waals surface area (Å²) in [5.41, 5.74) is 0. The quantitative estimate of drug-likeness (QED) is 0.677. The van der Waals surface area contributed by atoms with Crippen molar-refractivity contribution in [1.82, 2.24) is 5.32 Å². The Morgan fingerprint density at radius 2 is 1.50 bits per heavy atom. The van der Waals surface area contributed by atoms with Gasteiger partial charge in [0.1, 0.15) is 0 Å². The Kier molecular flexibility index (Phi) is 4.22. The Bertz CT molecular complexity index is 153. The molecule has 0 unspecified atom stereocenters. The molecule has 1 aliphatic heterocycles. The Hall–Kier alpha value is -0.120. The van der Waals surface area contributed by atoms with Gasteiger partial charge in [-0.2, -0.15) is 0 Å². The van der Waals surface area contributed by atoms with Crippen molar-refractivity contribution in [1.29, 1.82) is 0 Å². The first-order chi connectivity index (χ1) is 6.95. The van der Waals surface area contributed by atoms with Crippen molar-refractivity contribution in [3.05, 3.63) is 0 Å². The van der Waals surface area contributed by atoms with E-state index in [0.29, 0.717) is 12.2 Å². The zero-order valence-corrected chi connectivity index (χ0v) is 8.84. The van der Waals surface area contributed by atoms with Crippen molar-refractivity contribution >= 4 is 0 Å². The standard InChI is InChI=1S/C11H21NO2/c1-2-4-10(5-3-1)13-6-7-14-11-8-12-9-11/h10-12H,1-9H2. The number of rotatable bonds is 5. The fourth-order valence-corrected chi connectivity index (χ4v) is 2.04. The summed E-state index contributed by atoms with van der Waals surface area (Å²) in [6, 6.07) is 0. The lowest BCUT2D eigenvalue weighted by molar-refractivity contribution is -0.0441. The molecule has 14 heavy (non-hydrogen) atoms. The molecule has 1 N–H and O–H groups in total. The van der Waals surface area contributed by atoms with Crippen LogP contribution in [0.5, 0.6) is 0 Å². The summed E-state index contributed by atoms with van der Waals surface area (Å²) in [4.78, 5) is 0. The highest BCUT2D eigenvalue weighted by molar-refractivity contribution is 4.74. The summed E-state index contributed by atoms with van der Waals surface area (Å²) < 4.78 is 11.3. The highest BCUT2D eigenvalue weighted by Crippen LogP contribution is 2.19. The summed E-state index contributed by atoms with van der Waals surface area (Å²) in [6.07, 6.45) is 7.56. The molecule has 3 heteroatoms. The highest BCUT2D eigenvalue weighted by Gasteiger charge is 2.17. The third-order valence-electron chi connectivity index (χ3n) is 3.09. The molecule has 1 saturated heterocycles. The first kappa shape index (κ1) is 10.4. The van der Waals surface area contributed by atoms with E-state index in [9.17, 15) is 0 Å². The second-order valence-electron chi connectivity index (χ2n) is 4.28. The number of hydrogen-bond acceptors (Lipinski definition) is 3. The van der Waals surface area contributed by atoms with Crippen molar-refractivity contribution < 1.29 is 9.47 Å². The SMILES string of the molecule is C1CCC(OCCOC2CNC2)CC1. The lowest BCUT2D eigenvalue weighted by atomic mass is 9.98. The molecule has 0 aromatic heterocycles. The third-order valence-corrected chi connectivity index (χ3v) is 3.09.